The second-order valence-corrected chi connectivity index (χ2v) is 4.90. The molecule has 5 heteroatoms. The Morgan fingerprint density at radius 2 is 2.28 bits per heavy atom. The Morgan fingerprint density at radius 3 is 3.00 bits per heavy atom. The second kappa shape index (κ2) is 5.59. The van der Waals surface area contributed by atoms with Crippen LogP contribution in [0, 0.1) is 6.92 Å². The van der Waals surface area contributed by atoms with Crippen LogP contribution in [0.2, 0.25) is 5.02 Å². The van der Waals surface area contributed by atoms with Crippen molar-refractivity contribution in [3.63, 3.8) is 0 Å². The quantitative estimate of drug-likeness (QED) is 0.882. The Kier molecular flexibility index (Phi) is 4.09. The van der Waals surface area contributed by atoms with Crippen LogP contribution in [0.15, 0.2) is 12.1 Å². The number of rotatable bonds is 3. The fourth-order valence-corrected chi connectivity index (χ4v) is 2.40. The topological polar surface area (TPSA) is 58.4 Å². The van der Waals surface area contributed by atoms with Gasteiger partial charge in [0.1, 0.15) is 0 Å². The summed E-state index contributed by atoms with van der Waals surface area (Å²) in [5, 5.41) is 3.65. The van der Waals surface area contributed by atoms with Crippen molar-refractivity contribution in [1.29, 1.82) is 0 Å². The van der Waals surface area contributed by atoms with Crippen LogP contribution in [0.1, 0.15) is 18.4 Å². The van der Waals surface area contributed by atoms with E-state index in [1.807, 2.05) is 19.1 Å². The molecule has 1 aliphatic rings. The number of nitrogens with zero attached hydrogens (tertiary/aromatic N) is 1. The monoisotopic (exact) mass is 267 g/mol. The molecule has 0 saturated carbocycles. The highest BCUT2D eigenvalue weighted by Gasteiger charge is 2.21. The van der Waals surface area contributed by atoms with Crippen LogP contribution in [0.25, 0.3) is 0 Å². The van der Waals surface area contributed by atoms with Gasteiger partial charge in [-0.05, 0) is 37.6 Å². The van der Waals surface area contributed by atoms with Gasteiger partial charge in [0.25, 0.3) is 0 Å². The van der Waals surface area contributed by atoms with E-state index in [1.54, 1.807) is 0 Å². The number of fused-ring (bicyclic) bond motifs is 1. The third-order valence-electron chi connectivity index (χ3n) is 3.20. The zero-order valence-corrected chi connectivity index (χ0v) is 11.3. The lowest BCUT2D eigenvalue weighted by atomic mass is 10.1. The molecule has 98 valence electrons. The number of amides is 1. The van der Waals surface area contributed by atoms with Gasteiger partial charge in [0, 0.05) is 24.5 Å². The molecule has 0 bridgehead atoms. The third-order valence-corrected chi connectivity index (χ3v) is 3.61. The molecule has 1 aliphatic heterocycles. The van der Waals surface area contributed by atoms with Crippen molar-refractivity contribution in [3.8, 4) is 0 Å². The van der Waals surface area contributed by atoms with Crippen LogP contribution in [0.5, 0.6) is 0 Å². The molecule has 1 aromatic rings. The largest absolute Gasteiger partial charge is 0.369 e. The smallest absolute Gasteiger partial charge is 0.226 e. The van der Waals surface area contributed by atoms with E-state index < -0.39 is 0 Å². The molecule has 1 amide bonds. The summed E-state index contributed by atoms with van der Waals surface area (Å²) in [4.78, 5) is 13.9. The Morgan fingerprint density at radius 1 is 1.50 bits per heavy atom. The van der Waals surface area contributed by atoms with Crippen LogP contribution in [-0.4, -0.2) is 25.5 Å². The van der Waals surface area contributed by atoms with Gasteiger partial charge in [-0.2, -0.15) is 0 Å². The number of carbonyl (C=O) groups is 1. The molecule has 0 radical (unpaired) electrons. The number of halogens is 1. The Balaban J connectivity index is 2.41. The Labute approximate surface area is 112 Å². The average molecular weight is 268 g/mol. The molecular weight excluding hydrogens is 250 g/mol. The highest BCUT2D eigenvalue weighted by atomic mass is 35.5. The van der Waals surface area contributed by atoms with Crippen LogP contribution >= 0.6 is 11.6 Å². The fourth-order valence-electron chi connectivity index (χ4n) is 2.25. The molecule has 0 unspecified atom stereocenters. The number of benzene rings is 1. The van der Waals surface area contributed by atoms with E-state index in [0.717, 1.165) is 34.9 Å². The predicted molar refractivity (Wildman–Crippen MR) is 75.3 cm³/mol. The second-order valence-electron chi connectivity index (χ2n) is 4.50. The summed E-state index contributed by atoms with van der Waals surface area (Å²) < 4.78 is 0. The van der Waals surface area contributed by atoms with E-state index in [0.29, 0.717) is 19.5 Å². The maximum atomic E-state index is 11.7. The predicted octanol–water partition coefficient (Wildman–Crippen LogP) is 2.15. The van der Waals surface area contributed by atoms with Gasteiger partial charge in [0.15, 0.2) is 0 Å². The van der Waals surface area contributed by atoms with Crippen molar-refractivity contribution >= 4 is 28.9 Å². The summed E-state index contributed by atoms with van der Waals surface area (Å²) >= 11 is 6.17. The number of nitrogens with two attached hydrogens (primary N) is 1. The first-order chi connectivity index (χ1) is 8.63. The number of carbonyl (C=O) groups excluding carboxylic acids is 1. The van der Waals surface area contributed by atoms with Crippen molar-refractivity contribution in [3.05, 3.63) is 22.7 Å². The van der Waals surface area contributed by atoms with E-state index in [4.69, 9.17) is 17.3 Å². The number of hydrogen-bond donors (Lipinski definition) is 2. The number of anilines is 2. The summed E-state index contributed by atoms with van der Waals surface area (Å²) in [5.41, 5.74) is 8.45. The Hall–Kier alpha value is -1.26. The molecular formula is C13H18ClN3O. The van der Waals surface area contributed by atoms with Gasteiger partial charge in [-0.15, -0.1) is 0 Å². The minimum atomic E-state index is 0.0493. The van der Waals surface area contributed by atoms with Gasteiger partial charge in [0.2, 0.25) is 5.91 Å². The van der Waals surface area contributed by atoms with Crippen LogP contribution in [0.3, 0.4) is 0 Å². The van der Waals surface area contributed by atoms with Crippen molar-refractivity contribution in [2.75, 3.05) is 29.9 Å². The Bertz CT molecular complexity index is 462. The minimum Gasteiger partial charge on any atom is -0.369 e. The summed E-state index contributed by atoms with van der Waals surface area (Å²) in [6.45, 7) is 4.18. The summed E-state index contributed by atoms with van der Waals surface area (Å²) in [6.07, 6.45) is 1.40. The fraction of sp³-hybridized carbons (Fsp3) is 0.462. The first-order valence-electron chi connectivity index (χ1n) is 6.17. The zero-order chi connectivity index (χ0) is 13.1. The van der Waals surface area contributed by atoms with Crippen molar-refractivity contribution in [2.24, 2.45) is 5.73 Å². The highest BCUT2D eigenvalue weighted by Crippen LogP contribution is 2.36. The molecule has 0 spiro atoms. The molecule has 4 nitrogen and oxygen atoms in total. The molecule has 1 heterocycles. The average Bonchev–Trinajstić information content (AvgIpc) is 2.51. The number of hydrogen-bond acceptors (Lipinski definition) is 3. The molecule has 0 aromatic heterocycles. The van der Waals surface area contributed by atoms with Gasteiger partial charge in [-0.1, -0.05) is 11.6 Å². The third kappa shape index (κ3) is 2.60. The number of nitrogens with one attached hydrogen (secondary N) is 1. The minimum absolute atomic E-state index is 0.0493. The maximum absolute atomic E-state index is 11.7. The van der Waals surface area contributed by atoms with Gasteiger partial charge < -0.3 is 16.0 Å². The lowest BCUT2D eigenvalue weighted by Crippen LogP contribution is -2.27. The van der Waals surface area contributed by atoms with Gasteiger partial charge in [0.05, 0.1) is 11.4 Å². The summed E-state index contributed by atoms with van der Waals surface area (Å²) in [5.74, 6) is 0.0493. The lowest BCUT2D eigenvalue weighted by Gasteiger charge is -2.26. The summed E-state index contributed by atoms with van der Waals surface area (Å²) in [7, 11) is 0. The van der Waals surface area contributed by atoms with E-state index in [9.17, 15) is 4.79 Å². The van der Waals surface area contributed by atoms with Crippen molar-refractivity contribution < 1.29 is 4.79 Å². The highest BCUT2D eigenvalue weighted by molar-refractivity contribution is 6.32. The molecule has 2 rings (SSSR count). The van der Waals surface area contributed by atoms with Crippen molar-refractivity contribution in [1.82, 2.24) is 0 Å². The van der Waals surface area contributed by atoms with Gasteiger partial charge in [-0.25, -0.2) is 0 Å². The van der Waals surface area contributed by atoms with Crippen molar-refractivity contribution in [2.45, 2.75) is 19.8 Å². The van der Waals surface area contributed by atoms with E-state index in [-0.39, 0.29) is 5.91 Å². The normalized spacial score (nSPS) is 15.1. The van der Waals surface area contributed by atoms with Gasteiger partial charge >= 0.3 is 0 Å². The zero-order valence-electron chi connectivity index (χ0n) is 10.5. The molecule has 18 heavy (non-hydrogen) atoms. The van der Waals surface area contributed by atoms with Gasteiger partial charge in [-0.3, -0.25) is 4.79 Å². The molecule has 3 N–H and O–H groups in total. The lowest BCUT2D eigenvalue weighted by molar-refractivity contribution is -0.115. The summed E-state index contributed by atoms with van der Waals surface area (Å²) in [6, 6.07) is 3.69. The van der Waals surface area contributed by atoms with Crippen LogP contribution < -0.4 is 16.0 Å². The maximum Gasteiger partial charge on any atom is 0.226 e. The first-order valence-corrected chi connectivity index (χ1v) is 6.55. The van der Waals surface area contributed by atoms with E-state index >= 15 is 0 Å². The van der Waals surface area contributed by atoms with E-state index in [1.165, 1.54) is 0 Å². The standard InChI is InChI=1S/C13H18ClN3O/c1-9-10(14)3-4-11-13(9)17(7-2-6-15)8-5-12(18)16-11/h3-4H,2,5-8,15H2,1H3,(H,16,18). The van der Waals surface area contributed by atoms with Crippen LogP contribution in [0.4, 0.5) is 11.4 Å². The molecule has 0 fully saturated rings. The SMILES string of the molecule is Cc1c(Cl)ccc2c1N(CCCN)CCC(=O)N2. The van der Waals surface area contributed by atoms with Crippen LogP contribution in [-0.2, 0) is 4.79 Å². The van der Waals surface area contributed by atoms with E-state index in [2.05, 4.69) is 10.2 Å². The molecule has 0 aliphatic carbocycles. The molecule has 0 atom stereocenters. The first kappa shape index (κ1) is 13.2. The molecule has 1 aromatic carbocycles. The molecule has 0 saturated heterocycles.